The Morgan fingerprint density at radius 2 is 1.61 bits per heavy atom. The maximum Gasteiger partial charge on any atom is 0.251 e. The van der Waals surface area contributed by atoms with Crippen LogP contribution in [0.3, 0.4) is 0 Å². The van der Waals surface area contributed by atoms with Gasteiger partial charge in [0.2, 0.25) is 5.91 Å². The van der Waals surface area contributed by atoms with E-state index in [1.165, 1.54) is 6.92 Å². The summed E-state index contributed by atoms with van der Waals surface area (Å²) >= 11 is 0. The van der Waals surface area contributed by atoms with Crippen LogP contribution >= 0.6 is 0 Å². The number of amides is 2. The summed E-state index contributed by atoms with van der Waals surface area (Å²) in [5, 5.41) is 5.82. The van der Waals surface area contributed by atoms with E-state index in [4.69, 9.17) is 0 Å². The standard InChI is InChI=1S/C23H28N2O3/c1-18(27)24-15-9-8-14-22(25-23(28)20-12-6-3-7-13-20)21(17-26)16-19-10-4-2-5-11-19/h2-7,10-13,17,21-22H,8-9,14-16H2,1H3,(H,24,27)(H,25,28)/t21-,22+/m0/s1. The molecule has 0 fully saturated rings. The molecular weight excluding hydrogens is 352 g/mol. The SMILES string of the molecule is CC(=O)NCCCC[C@@H](NC(=O)c1ccccc1)[C@H](C=O)Cc1ccccc1. The van der Waals surface area contributed by atoms with Crippen LogP contribution in [0, 0.1) is 5.92 Å². The highest BCUT2D eigenvalue weighted by atomic mass is 16.2. The molecule has 2 atom stereocenters. The summed E-state index contributed by atoms with van der Waals surface area (Å²) in [6, 6.07) is 18.6. The van der Waals surface area contributed by atoms with Crippen molar-refractivity contribution in [2.45, 2.75) is 38.6 Å². The molecule has 2 N–H and O–H groups in total. The average molecular weight is 380 g/mol. The van der Waals surface area contributed by atoms with E-state index in [2.05, 4.69) is 10.6 Å². The third-order valence-corrected chi connectivity index (χ3v) is 4.67. The highest BCUT2D eigenvalue weighted by Gasteiger charge is 2.23. The molecule has 0 aliphatic rings. The van der Waals surface area contributed by atoms with E-state index in [-0.39, 0.29) is 23.8 Å². The fraction of sp³-hybridized carbons (Fsp3) is 0.348. The van der Waals surface area contributed by atoms with Crippen molar-refractivity contribution in [2.24, 2.45) is 5.92 Å². The lowest BCUT2D eigenvalue weighted by Gasteiger charge is -2.25. The lowest BCUT2D eigenvalue weighted by Crippen LogP contribution is -2.42. The average Bonchev–Trinajstić information content (AvgIpc) is 2.72. The topological polar surface area (TPSA) is 75.3 Å². The molecule has 2 aromatic rings. The van der Waals surface area contributed by atoms with Gasteiger partial charge in [-0.05, 0) is 43.4 Å². The summed E-state index contributed by atoms with van der Waals surface area (Å²) in [4.78, 5) is 35.4. The number of carbonyl (C=O) groups is 3. The van der Waals surface area contributed by atoms with Crippen LogP contribution < -0.4 is 10.6 Å². The van der Waals surface area contributed by atoms with Crippen molar-refractivity contribution >= 4 is 18.1 Å². The third kappa shape index (κ3) is 7.35. The Morgan fingerprint density at radius 3 is 2.21 bits per heavy atom. The summed E-state index contributed by atoms with van der Waals surface area (Å²) in [5.41, 5.74) is 1.65. The molecule has 2 amide bonds. The van der Waals surface area contributed by atoms with Crippen LogP contribution in [-0.4, -0.2) is 30.7 Å². The van der Waals surface area contributed by atoms with Crippen LogP contribution in [-0.2, 0) is 16.0 Å². The predicted octanol–water partition coefficient (Wildman–Crippen LogP) is 3.15. The number of aldehydes is 1. The Bertz CT molecular complexity index is 747. The molecule has 5 heteroatoms. The second-order valence-electron chi connectivity index (χ2n) is 6.91. The van der Waals surface area contributed by atoms with Gasteiger partial charge in [0.1, 0.15) is 6.29 Å². The molecule has 0 unspecified atom stereocenters. The maximum absolute atomic E-state index is 12.6. The second-order valence-corrected chi connectivity index (χ2v) is 6.91. The minimum absolute atomic E-state index is 0.0521. The van der Waals surface area contributed by atoms with Gasteiger partial charge in [-0.15, -0.1) is 0 Å². The molecule has 5 nitrogen and oxygen atoms in total. The highest BCUT2D eigenvalue weighted by Crippen LogP contribution is 2.16. The number of unbranched alkanes of at least 4 members (excludes halogenated alkanes) is 1. The first kappa shape index (κ1) is 21.4. The zero-order chi connectivity index (χ0) is 20.2. The molecule has 0 bridgehead atoms. The zero-order valence-corrected chi connectivity index (χ0v) is 16.3. The van der Waals surface area contributed by atoms with Crippen molar-refractivity contribution < 1.29 is 14.4 Å². The Morgan fingerprint density at radius 1 is 0.964 bits per heavy atom. The molecule has 0 radical (unpaired) electrons. The fourth-order valence-corrected chi connectivity index (χ4v) is 3.16. The molecule has 0 heterocycles. The first-order valence-corrected chi connectivity index (χ1v) is 9.69. The summed E-state index contributed by atoms with van der Waals surface area (Å²) in [6.07, 6.45) is 3.80. The Balaban J connectivity index is 2.03. The third-order valence-electron chi connectivity index (χ3n) is 4.67. The van der Waals surface area contributed by atoms with E-state index >= 15 is 0 Å². The number of rotatable bonds is 11. The Kier molecular flexibility index (Phi) is 8.92. The van der Waals surface area contributed by atoms with Gasteiger partial charge in [0.05, 0.1) is 0 Å². The van der Waals surface area contributed by atoms with Gasteiger partial charge >= 0.3 is 0 Å². The Labute approximate surface area is 166 Å². The zero-order valence-electron chi connectivity index (χ0n) is 16.3. The van der Waals surface area contributed by atoms with Gasteiger partial charge in [0, 0.05) is 31.0 Å². The molecule has 2 aromatic carbocycles. The largest absolute Gasteiger partial charge is 0.356 e. The minimum atomic E-state index is -0.309. The smallest absolute Gasteiger partial charge is 0.251 e. The summed E-state index contributed by atoms with van der Waals surface area (Å²) in [5.74, 6) is -0.535. The second kappa shape index (κ2) is 11.7. The van der Waals surface area contributed by atoms with E-state index in [0.29, 0.717) is 24.9 Å². The molecule has 148 valence electrons. The maximum atomic E-state index is 12.6. The monoisotopic (exact) mass is 380 g/mol. The van der Waals surface area contributed by atoms with Crippen LogP contribution in [0.5, 0.6) is 0 Å². The lowest BCUT2D eigenvalue weighted by atomic mass is 9.89. The molecule has 0 saturated carbocycles. The minimum Gasteiger partial charge on any atom is -0.356 e. The van der Waals surface area contributed by atoms with Crippen molar-refractivity contribution in [3.63, 3.8) is 0 Å². The van der Waals surface area contributed by atoms with Gasteiger partial charge in [-0.3, -0.25) is 9.59 Å². The van der Waals surface area contributed by atoms with Crippen molar-refractivity contribution in [3.05, 3.63) is 71.8 Å². The summed E-state index contributed by atoms with van der Waals surface area (Å²) in [6.45, 7) is 2.09. The fourth-order valence-electron chi connectivity index (χ4n) is 3.16. The van der Waals surface area contributed by atoms with E-state index < -0.39 is 0 Å². The van der Waals surface area contributed by atoms with Gasteiger partial charge < -0.3 is 15.4 Å². The van der Waals surface area contributed by atoms with Crippen molar-refractivity contribution in [3.8, 4) is 0 Å². The van der Waals surface area contributed by atoms with Crippen LogP contribution in [0.2, 0.25) is 0 Å². The predicted molar refractivity (Wildman–Crippen MR) is 110 cm³/mol. The summed E-state index contributed by atoms with van der Waals surface area (Å²) in [7, 11) is 0. The van der Waals surface area contributed by atoms with E-state index in [9.17, 15) is 14.4 Å². The van der Waals surface area contributed by atoms with Crippen LogP contribution in [0.15, 0.2) is 60.7 Å². The van der Waals surface area contributed by atoms with Gasteiger partial charge in [-0.2, -0.15) is 0 Å². The van der Waals surface area contributed by atoms with Crippen molar-refractivity contribution in [2.75, 3.05) is 6.54 Å². The first-order chi connectivity index (χ1) is 13.6. The number of hydrogen-bond donors (Lipinski definition) is 2. The van der Waals surface area contributed by atoms with E-state index in [0.717, 1.165) is 24.7 Å². The molecule has 0 spiro atoms. The molecule has 0 saturated heterocycles. The summed E-state index contributed by atoms with van der Waals surface area (Å²) < 4.78 is 0. The van der Waals surface area contributed by atoms with Crippen LogP contribution in [0.25, 0.3) is 0 Å². The molecular formula is C23H28N2O3. The van der Waals surface area contributed by atoms with Crippen molar-refractivity contribution in [1.82, 2.24) is 10.6 Å². The van der Waals surface area contributed by atoms with Crippen molar-refractivity contribution in [1.29, 1.82) is 0 Å². The van der Waals surface area contributed by atoms with Crippen LogP contribution in [0.4, 0.5) is 0 Å². The molecule has 2 rings (SSSR count). The number of benzene rings is 2. The first-order valence-electron chi connectivity index (χ1n) is 9.69. The van der Waals surface area contributed by atoms with Gasteiger partial charge in [-0.1, -0.05) is 48.5 Å². The highest BCUT2D eigenvalue weighted by molar-refractivity contribution is 5.94. The molecule has 28 heavy (non-hydrogen) atoms. The van der Waals surface area contributed by atoms with E-state index in [1.54, 1.807) is 12.1 Å². The van der Waals surface area contributed by atoms with E-state index in [1.807, 2.05) is 48.5 Å². The van der Waals surface area contributed by atoms with Gasteiger partial charge in [0.15, 0.2) is 0 Å². The molecule has 0 aliphatic heterocycles. The number of hydrogen-bond acceptors (Lipinski definition) is 3. The molecule has 0 aliphatic carbocycles. The Hall–Kier alpha value is -2.95. The van der Waals surface area contributed by atoms with Gasteiger partial charge in [0.25, 0.3) is 5.91 Å². The number of carbonyl (C=O) groups excluding carboxylic acids is 3. The van der Waals surface area contributed by atoms with Crippen LogP contribution in [0.1, 0.15) is 42.1 Å². The van der Waals surface area contributed by atoms with Gasteiger partial charge in [-0.25, -0.2) is 0 Å². The molecule has 0 aromatic heterocycles. The quantitative estimate of drug-likeness (QED) is 0.464. The normalized spacial score (nSPS) is 12.6. The number of nitrogens with one attached hydrogen (secondary N) is 2. The lowest BCUT2D eigenvalue weighted by molar-refractivity contribution is -0.119.